The molecule has 0 spiro atoms. The van der Waals surface area contributed by atoms with Gasteiger partial charge in [-0.25, -0.2) is 0 Å². The lowest BCUT2D eigenvalue weighted by molar-refractivity contribution is -0.127. The molecule has 1 heterocycles. The summed E-state index contributed by atoms with van der Waals surface area (Å²) in [5.74, 6) is 1.37. The van der Waals surface area contributed by atoms with Gasteiger partial charge in [0.1, 0.15) is 0 Å². The predicted molar refractivity (Wildman–Crippen MR) is 91.0 cm³/mol. The van der Waals surface area contributed by atoms with Crippen molar-refractivity contribution < 1.29 is 4.79 Å². The van der Waals surface area contributed by atoms with E-state index in [9.17, 15) is 4.79 Å². The molecule has 0 saturated carbocycles. The van der Waals surface area contributed by atoms with Crippen LogP contribution in [0.2, 0.25) is 10.0 Å². The van der Waals surface area contributed by atoms with Gasteiger partial charge in [0.25, 0.3) is 0 Å². The Morgan fingerprint density at radius 3 is 2.86 bits per heavy atom. The normalized spacial score (nSPS) is 21.8. The third kappa shape index (κ3) is 4.52. The number of thioether (sulfide) groups is 1. The lowest BCUT2D eigenvalue weighted by atomic mass is 9.90. The summed E-state index contributed by atoms with van der Waals surface area (Å²) < 4.78 is 0. The largest absolute Gasteiger partial charge is 0.341 e. The molecule has 116 valence electrons. The first-order valence-corrected chi connectivity index (χ1v) is 8.84. The summed E-state index contributed by atoms with van der Waals surface area (Å²) in [6.45, 7) is 4.35. The van der Waals surface area contributed by atoms with E-state index in [-0.39, 0.29) is 11.3 Å². The number of amides is 1. The predicted octanol–water partition coefficient (Wildman–Crippen LogP) is 3.42. The zero-order valence-electron chi connectivity index (χ0n) is 12.1. The zero-order chi connectivity index (χ0) is 15.5. The van der Waals surface area contributed by atoms with Crippen molar-refractivity contribution in [2.75, 3.05) is 25.4 Å². The van der Waals surface area contributed by atoms with Gasteiger partial charge in [-0.3, -0.25) is 4.79 Å². The molecule has 2 N–H and O–H groups in total. The first-order chi connectivity index (χ1) is 9.93. The second kappa shape index (κ2) is 7.23. The average molecular weight is 347 g/mol. The summed E-state index contributed by atoms with van der Waals surface area (Å²) in [5, 5.41) is 1.28. The smallest absolute Gasteiger partial charge is 0.232 e. The molecule has 1 amide bonds. The van der Waals surface area contributed by atoms with Gasteiger partial charge in [-0.2, -0.15) is 0 Å². The molecule has 1 unspecified atom stereocenters. The molecule has 1 fully saturated rings. The van der Waals surface area contributed by atoms with Crippen LogP contribution in [0.25, 0.3) is 0 Å². The van der Waals surface area contributed by atoms with E-state index in [1.807, 2.05) is 17.0 Å². The maximum absolute atomic E-state index is 12.2. The van der Waals surface area contributed by atoms with E-state index in [2.05, 4.69) is 6.92 Å². The molecule has 0 aliphatic carbocycles. The summed E-state index contributed by atoms with van der Waals surface area (Å²) in [5.41, 5.74) is 6.86. The van der Waals surface area contributed by atoms with Crippen molar-refractivity contribution in [2.45, 2.75) is 19.1 Å². The summed E-state index contributed by atoms with van der Waals surface area (Å²) in [4.78, 5) is 14.1. The number of likely N-dealkylation sites (tertiary alicyclic amines) is 1. The topological polar surface area (TPSA) is 46.3 Å². The summed E-state index contributed by atoms with van der Waals surface area (Å²) >= 11 is 13.6. The highest BCUT2D eigenvalue weighted by atomic mass is 35.5. The molecule has 1 aliphatic rings. The number of rotatable bonds is 5. The molecule has 0 bridgehead atoms. The minimum atomic E-state index is 0.0831. The van der Waals surface area contributed by atoms with E-state index >= 15 is 0 Å². The Kier molecular flexibility index (Phi) is 5.83. The quantitative estimate of drug-likeness (QED) is 0.888. The number of carbonyl (C=O) groups excluding carboxylic acids is 1. The van der Waals surface area contributed by atoms with Crippen LogP contribution in [0.15, 0.2) is 18.2 Å². The molecule has 1 aromatic rings. The van der Waals surface area contributed by atoms with Crippen LogP contribution in [0.1, 0.15) is 18.9 Å². The van der Waals surface area contributed by atoms with Crippen LogP contribution < -0.4 is 5.73 Å². The van der Waals surface area contributed by atoms with Gasteiger partial charge in [0.15, 0.2) is 0 Å². The van der Waals surface area contributed by atoms with Crippen molar-refractivity contribution >= 4 is 40.9 Å². The van der Waals surface area contributed by atoms with Gasteiger partial charge < -0.3 is 10.6 Å². The number of halogens is 2. The first kappa shape index (κ1) is 16.9. The van der Waals surface area contributed by atoms with Gasteiger partial charge in [-0.15, -0.1) is 11.8 Å². The van der Waals surface area contributed by atoms with E-state index < -0.39 is 0 Å². The Morgan fingerprint density at radius 2 is 2.24 bits per heavy atom. The van der Waals surface area contributed by atoms with Gasteiger partial charge in [-0.05, 0) is 36.1 Å². The molecular formula is C15H20Cl2N2OS. The molecule has 1 atom stereocenters. The maximum Gasteiger partial charge on any atom is 0.232 e. The van der Waals surface area contributed by atoms with E-state index in [0.717, 1.165) is 25.1 Å². The molecule has 1 saturated heterocycles. The monoisotopic (exact) mass is 346 g/mol. The Hall–Kier alpha value is -0.420. The Balaban J connectivity index is 1.80. The lowest BCUT2D eigenvalue weighted by Gasteiger charge is -2.22. The number of carbonyl (C=O) groups is 1. The summed E-state index contributed by atoms with van der Waals surface area (Å²) in [6.07, 6.45) is 0.989. The highest BCUT2D eigenvalue weighted by Crippen LogP contribution is 2.29. The van der Waals surface area contributed by atoms with Crippen molar-refractivity contribution in [1.82, 2.24) is 4.90 Å². The molecule has 0 aromatic heterocycles. The molecule has 21 heavy (non-hydrogen) atoms. The van der Waals surface area contributed by atoms with Crippen LogP contribution in [-0.2, 0) is 10.5 Å². The number of benzene rings is 1. The highest BCUT2D eigenvalue weighted by molar-refractivity contribution is 7.99. The fraction of sp³-hybridized carbons (Fsp3) is 0.533. The van der Waals surface area contributed by atoms with Gasteiger partial charge in [0.05, 0.1) is 5.75 Å². The Labute approximate surface area is 140 Å². The molecular weight excluding hydrogens is 327 g/mol. The Bertz CT molecular complexity index is 526. The standard InChI is InChI=1S/C15H20Cl2N2OS/c1-15(9-18)4-5-19(10-15)14(20)8-21-7-11-2-3-12(16)6-13(11)17/h2-3,6H,4-5,7-10,18H2,1H3. The highest BCUT2D eigenvalue weighted by Gasteiger charge is 2.34. The molecule has 0 radical (unpaired) electrons. The number of nitrogens with zero attached hydrogens (tertiary/aromatic N) is 1. The van der Waals surface area contributed by atoms with E-state index in [1.165, 1.54) is 0 Å². The van der Waals surface area contributed by atoms with Crippen LogP contribution in [0.3, 0.4) is 0 Å². The zero-order valence-corrected chi connectivity index (χ0v) is 14.4. The molecule has 1 aliphatic heterocycles. The van der Waals surface area contributed by atoms with Crippen LogP contribution >= 0.6 is 35.0 Å². The Morgan fingerprint density at radius 1 is 1.48 bits per heavy atom. The van der Waals surface area contributed by atoms with E-state index in [1.54, 1.807) is 17.8 Å². The SMILES string of the molecule is CC1(CN)CCN(C(=O)CSCc2ccc(Cl)cc2Cl)C1. The van der Waals surface area contributed by atoms with Crippen molar-refractivity contribution in [3.05, 3.63) is 33.8 Å². The van der Waals surface area contributed by atoms with Gasteiger partial charge in [0, 0.05) is 28.9 Å². The number of hydrogen-bond donors (Lipinski definition) is 1. The van der Waals surface area contributed by atoms with Crippen molar-refractivity contribution in [3.8, 4) is 0 Å². The van der Waals surface area contributed by atoms with Crippen molar-refractivity contribution in [1.29, 1.82) is 0 Å². The number of hydrogen-bond acceptors (Lipinski definition) is 3. The van der Waals surface area contributed by atoms with Gasteiger partial charge >= 0.3 is 0 Å². The van der Waals surface area contributed by atoms with E-state index in [0.29, 0.717) is 28.1 Å². The number of nitrogens with two attached hydrogens (primary N) is 1. The third-order valence-corrected chi connectivity index (χ3v) is 5.45. The molecule has 6 heteroatoms. The molecule has 3 nitrogen and oxygen atoms in total. The van der Waals surface area contributed by atoms with Crippen LogP contribution in [-0.4, -0.2) is 36.2 Å². The van der Waals surface area contributed by atoms with Crippen molar-refractivity contribution in [2.24, 2.45) is 11.1 Å². The van der Waals surface area contributed by atoms with Crippen LogP contribution in [0, 0.1) is 5.41 Å². The van der Waals surface area contributed by atoms with Crippen molar-refractivity contribution in [3.63, 3.8) is 0 Å². The lowest BCUT2D eigenvalue weighted by Crippen LogP contribution is -2.35. The summed E-state index contributed by atoms with van der Waals surface area (Å²) in [6, 6.07) is 5.45. The first-order valence-electron chi connectivity index (χ1n) is 6.93. The summed E-state index contributed by atoms with van der Waals surface area (Å²) in [7, 11) is 0. The van der Waals surface area contributed by atoms with E-state index in [4.69, 9.17) is 28.9 Å². The van der Waals surface area contributed by atoms with Gasteiger partial charge in [0.2, 0.25) is 5.91 Å². The molecule has 1 aromatic carbocycles. The van der Waals surface area contributed by atoms with Gasteiger partial charge in [-0.1, -0.05) is 36.2 Å². The maximum atomic E-state index is 12.2. The minimum absolute atomic E-state index is 0.0831. The van der Waals surface area contributed by atoms with Crippen LogP contribution in [0.5, 0.6) is 0 Å². The average Bonchev–Trinajstić information content (AvgIpc) is 2.85. The second-order valence-electron chi connectivity index (χ2n) is 5.81. The third-order valence-electron chi connectivity index (χ3n) is 3.90. The minimum Gasteiger partial charge on any atom is -0.341 e. The molecule has 2 rings (SSSR count). The second-order valence-corrected chi connectivity index (χ2v) is 7.64. The fourth-order valence-corrected chi connectivity index (χ4v) is 3.87. The van der Waals surface area contributed by atoms with Crippen LogP contribution in [0.4, 0.5) is 0 Å². The fourth-order valence-electron chi connectivity index (χ4n) is 2.38.